The van der Waals surface area contributed by atoms with Crippen molar-refractivity contribution in [2.45, 2.75) is 6.54 Å². The molecule has 3 rings (SSSR count). The molecule has 7 heteroatoms. The molecule has 2 N–H and O–H groups in total. The minimum absolute atomic E-state index is 0.225. The van der Waals surface area contributed by atoms with Crippen LogP contribution in [0.3, 0.4) is 0 Å². The Hall–Kier alpha value is -3.09. The van der Waals surface area contributed by atoms with Gasteiger partial charge in [-0.1, -0.05) is 54.1 Å². The number of amides is 1. The third-order valence-corrected chi connectivity index (χ3v) is 4.70. The van der Waals surface area contributed by atoms with E-state index in [2.05, 4.69) is 10.6 Å². The lowest BCUT2D eigenvalue weighted by atomic mass is 10.2. The number of thiocarbonyl (C=S) groups is 1. The zero-order valence-corrected chi connectivity index (χ0v) is 17.7. The van der Waals surface area contributed by atoms with Crippen LogP contribution in [0.15, 0.2) is 78.9 Å². The molecule has 0 atom stereocenters. The maximum absolute atomic E-state index is 12.5. The standard InChI is InChI=1S/C23H21ClN2O3S/c24-21-12-5-4-7-18(21)16-25-23(30)26-22(27)17-8-6-11-20(15-17)29-14-13-28-19-9-2-1-3-10-19/h1-12,15H,13-14,16H2,(H2,25,26,27,30). The van der Waals surface area contributed by atoms with E-state index >= 15 is 0 Å². The summed E-state index contributed by atoms with van der Waals surface area (Å²) in [6.45, 7) is 1.18. The molecular formula is C23H21ClN2O3S. The van der Waals surface area contributed by atoms with Gasteiger partial charge in [-0.25, -0.2) is 0 Å². The van der Waals surface area contributed by atoms with E-state index in [1.54, 1.807) is 30.3 Å². The molecule has 5 nitrogen and oxygen atoms in total. The number of hydrogen-bond donors (Lipinski definition) is 2. The van der Waals surface area contributed by atoms with Crippen LogP contribution in [-0.2, 0) is 6.54 Å². The average Bonchev–Trinajstić information content (AvgIpc) is 2.77. The third-order valence-electron chi connectivity index (χ3n) is 4.08. The number of ether oxygens (including phenoxy) is 2. The molecule has 0 heterocycles. The molecular weight excluding hydrogens is 420 g/mol. The number of carbonyl (C=O) groups excluding carboxylic acids is 1. The number of para-hydroxylation sites is 1. The van der Waals surface area contributed by atoms with E-state index in [1.807, 2.05) is 48.5 Å². The quantitative estimate of drug-likeness (QED) is 0.396. The second-order valence-corrected chi connectivity index (χ2v) is 7.08. The number of hydrogen-bond acceptors (Lipinski definition) is 4. The summed E-state index contributed by atoms with van der Waals surface area (Å²) in [6.07, 6.45) is 0. The molecule has 0 aromatic heterocycles. The predicted molar refractivity (Wildman–Crippen MR) is 122 cm³/mol. The van der Waals surface area contributed by atoms with E-state index in [1.165, 1.54) is 0 Å². The maximum Gasteiger partial charge on any atom is 0.257 e. The van der Waals surface area contributed by atoms with Gasteiger partial charge in [-0.2, -0.15) is 0 Å². The van der Waals surface area contributed by atoms with Gasteiger partial charge in [-0.3, -0.25) is 10.1 Å². The molecule has 30 heavy (non-hydrogen) atoms. The Morgan fingerprint density at radius 1 is 0.867 bits per heavy atom. The number of carbonyl (C=O) groups is 1. The van der Waals surface area contributed by atoms with Crippen molar-refractivity contribution in [1.82, 2.24) is 10.6 Å². The van der Waals surface area contributed by atoms with Crippen molar-refractivity contribution in [2.24, 2.45) is 0 Å². The SMILES string of the molecule is O=C(NC(=S)NCc1ccccc1Cl)c1cccc(OCCOc2ccccc2)c1. The Morgan fingerprint density at radius 2 is 1.53 bits per heavy atom. The first-order chi connectivity index (χ1) is 14.6. The fourth-order valence-electron chi connectivity index (χ4n) is 2.60. The summed E-state index contributed by atoms with van der Waals surface area (Å²) >= 11 is 11.3. The van der Waals surface area contributed by atoms with Crippen molar-refractivity contribution < 1.29 is 14.3 Å². The highest BCUT2D eigenvalue weighted by Gasteiger charge is 2.09. The lowest BCUT2D eigenvalue weighted by Gasteiger charge is -2.12. The van der Waals surface area contributed by atoms with Crippen LogP contribution < -0.4 is 20.1 Å². The van der Waals surface area contributed by atoms with Gasteiger partial charge in [0.05, 0.1) is 0 Å². The summed E-state index contributed by atoms with van der Waals surface area (Å²) in [7, 11) is 0. The summed E-state index contributed by atoms with van der Waals surface area (Å²) in [5.74, 6) is 1.04. The van der Waals surface area contributed by atoms with Gasteiger partial charge < -0.3 is 14.8 Å². The first-order valence-corrected chi connectivity index (χ1v) is 10.1. The van der Waals surface area contributed by atoms with E-state index in [4.69, 9.17) is 33.3 Å². The van der Waals surface area contributed by atoms with Crippen LogP contribution in [-0.4, -0.2) is 24.2 Å². The summed E-state index contributed by atoms with van der Waals surface area (Å²) in [5.41, 5.74) is 1.34. The molecule has 1 amide bonds. The van der Waals surface area contributed by atoms with Crippen LogP contribution in [0.4, 0.5) is 0 Å². The van der Waals surface area contributed by atoms with Crippen LogP contribution in [0.5, 0.6) is 11.5 Å². The van der Waals surface area contributed by atoms with E-state index in [9.17, 15) is 4.79 Å². The molecule has 0 fully saturated rings. The van der Waals surface area contributed by atoms with E-state index in [0.717, 1.165) is 11.3 Å². The molecule has 0 unspecified atom stereocenters. The highest BCUT2D eigenvalue weighted by Crippen LogP contribution is 2.15. The molecule has 0 saturated carbocycles. The Morgan fingerprint density at radius 3 is 2.30 bits per heavy atom. The summed E-state index contributed by atoms with van der Waals surface area (Å²) in [6, 6.07) is 23.8. The second-order valence-electron chi connectivity index (χ2n) is 6.27. The van der Waals surface area contributed by atoms with Gasteiger partial charge >= 0.3 is 0 Å². The van der Waals surface area contributed by atoms with Gasteiger partial charge in [0.2, 0.25) is 0 Å². The maximum atomic E-state index is 12.5. The Bertz CT molecular complexity index is 999. The van der Waals surface area contributed by atoms with Crippen molar-refractivity contribution in [3.63, 3.8) is 0 Å². The van der Waals surface area contributed by atoms with Gasteiger partial charge in [-0.05, 0) is 54.2 Å². The van der Waals surface area contributed by atoms with Crippen molar-refractivity contribution in [1.29, 1.82) is 0 Å². The molecule has 0 aliphatic heterocycles. The van der Waals surface area contributed by atoms with Crippen LogP contribution >= 0.6 is 23.8 Å². The number of rotatable bonds is 8. The first-order valence-electron chi connectivity index (χ1n) is 9.35. The smallest absolute Gasteiger partial charge is 0.257 e. The second kappa shape index (κ2) is 11.2. The minimum Gasteiger partial charge on any atom is -0.490 e. The van der Waals surface area contributed by atoms with Crippen LogP contribution in [0.1, 0.15) is 15.9 Å². The van der Waals surface area contributed by atoms with Crippen molar-refractivity contribution in [3.8, 4) is 11.5 Å². The van der Waals surface area contributed by atoms with Crippen molar-refractivity contribution >= 4 is 34.8 Å². The van der Waals surface area contributed by atoms with Crippen LogP contribution in [0.2, 0.25) is 5.02 Å². The normalized spacial score (nSPS) is 10.2. The highest BCUT2D eigenvalue weighted by molar-refractivity contribution is 7.80. The third kappa shape index (κ3) is 6.76. The monoisotopic (exact) mass is 440 g/mol. The average molecular weight is 441 g/mol. The number of benzene rings is 3. The molecule has 3 aromatic carbocycles. The molecule has 0 radical (unpaired) electrons. The van der Waals surface area contributed by atoms with Gasteiger partial charge in [0.25, 0.3) is 5.91 Å². The Balaban J connectivity index is 1.45. The van der Waals surface area contributed by atoms with E-state index in [0.29, 0.717) is 36.1 Å². The van der Waals surface area contributed by atoms with Gasteiger partial charge in [0.1, 0.15) is 24.7 Å². The van der Waals surface area contributed by atoms with E-state index < -0.39 is 0 Å². The molecule has 0 saturated heterocycles. The van der Waals surface area contributed by atoms with Crippen molar-refractivity contribution in [2.75, 3.05) is 13.2 Å². The molecule has 0 aliphatic rings. The van der Waals surface area contributed by atoms with Crippen molar-refractivity contribution in [3.05, 3.63) is 95.0 Å². The number of nitrogens with one attached hydrogen (secondary N) is 2. The molecule has 0 aliphatic carbocycles. The Kier molecular flexibility index (Phi) is 8.06. The van der Waals surface area contributed by atoms with Gasteiger partial charge in [-0.15, -0.1) is 0 Å². The van der Waals surface area contributed by atoms with Crippen LogP contribution in [0, 0.1) is 0 Å². The Labute approximate surface area is 186 Å². The fourth-order valence-corrected chi connectivity index (χ4v) is 2.97. The van der Waals surface area contributed by atoms with Gasteiger partial charge in [0, 0.05) is 17.1 Å². The summed E-state index contributed by atoms with van der Waals surface area (Å²) < 4.78 is 11.3. The first kappa shape index (κ1) is 21.6. The molecule has 0 spiro atoms. The van der Waals surface area contributed by atoms with Crippen LogP contribution in [0.25, 0.3) is 0 Å². The molecule has 3 aromatic rings. The lowest BCUT2D eigenvalue weighted by molar-refractivity contribution is 0.0976. The molecule has 0 bridgehead atoms. The number of halogens is 1. The summed E-state index contributed by atoms with van der Waals surface area (Å²) in [5, 5.41) is 6.50. The summed E-state index contributed by atoms with van der Waals surface area (Å²) in [4.78, 5) is 12.5. The highest BCUT2D eigenvalue weighted by atomic mass is 35.5. The fraction of sp³-hybridized carbons (Fsp3) is 0.130. The predicted octanol–water partition coefficient (Wildman–Crippen LogP) is 4.60. The largest absolute Gasteiger partial charge is 0.490 e. The zero-order valence-electron chi connectivity index (χ0n) is 16.1. The topological polar surface area (TPSA) is 59.6 Å². The van der Waals surface area contributed by atoms with Gasteiger partial charge in [0.15, 0.2) is 5.11 Å². The van der Waals surface area contributed by atoms with E-state index in [-0.39, 0.29) is 11.0 Å². The lowest BCUT2D eigenvalue weighted by Crippen LogP contribution is -2.38. The minimum atomic E-state index is -0.322. The zero-order chi connectivity index (χ0) is 21.2. The molecule has 154 valence electrons.